The smallest absolute Gasteiger partial charge is 0.220 e. The molecule has 14 heteroatoms. The van der Waals surface area contributed by atoms with E-state index in [-0.39, 0.29) is 23.9 Å². The van der Waals surface area contributed by atoms with Crippen LogP contribution in [0.2, 0.25) is 66.5 Å². The average molecular weight is 1370 g/mol. The first-order valence-electron chi connectivity index (χ1n) is 38.3. The Balaban J connectivity index is 1.71. The van der Waals surface area contributed by atoms with E-state index in [0.717, 1.165) is 69.7 Å². The molecule has 10 nitrogen and oxygen atoms in total. The lowest BCUT2D eigenvalue weighted by atomic mass is 9.97. The van der Waals surface area contributed by atoms with Crippen molar-refractivity contribution < 1.29 is 36.8 Å². The van der Waals surface area contributed by atoms with E-state index in [1.807, 2.05) is 0 Å². The minimum Gasteiger partial charge on any atom is -0.494 e. The number of unbranched alkanes of at least 4 members (excludes halogenated alkanes) is 14. The third kappa shape index (κ3) is 27.0. The third-order valence-corrected chi connectivity index (χ3v) is 46.2. The number of benzene rings is 2. The van der Waals surface area contributed by atoms with Crippen LogP contribution in [0, 0.1) is 13.8 Å². The standard InChI is InChI=1S/C79H150N2O8Si4/c1-58(2)90(59(3)4,60(5)6)86-54-74(55-87-91(61(7)8,62(9)10)63(11)12)80-78(82)43-39-35-31-27-29-33-37-41-49-84-76-47-45-72(70(25)51-76)53-73-46-48-77(52-71(73)26)85-50-42-38-34-30-28-32-36-40-44-79(83)81-75(56-88-92(64(13)14,65(15)16)66(17)18)57-89-93(67(19)20,68(21)22)69(23)24/h45-48,51-52,58-69,74-75H,27-44,49-50,53-57H2,1-26H3,(H,80,82)(H,81,83). The van der Waals surface area contributed by atoms with Gasteiger partial charge in [-0.15, -0.1) is 0 Å². The second-order valence-corrected chi connectivity index (χ2v) is 54.1. The fourth-order valence-corrected chi connectivity index (χ4v) is 39.2. The van der Waals surface area contributed by atoms with E-state index in [9.17, 15) is 9.59 Å². The molecule has 0 atom stereocenters. The van der Waals surface area contributed by atoms with Crippen molar-refractivity contribution in [1.29, 1.82) is 0 Å². The first-order valence-corrected chi connectivity index (χ1v) is 46.8. The maximum atomic E-state index is 13.5. The van der Waals surface area contributed by atoms with Gasteiger partial charge in [0.25, 0.3) is 0 Å². The molecule has 2 N–H and O–H groups in total. The van der Waals surface area contributed by atoms with E-state index < -0.39 is 33.3 Å². The highest BCUT2D eigenvalue weighted by Gasteiger charge is 2.49. The van der Waals surface area contributed by atoms with Crippen molar-refractivity contribution in [2.45, 2.75) is 381 Å². The van der Waals surface area contributed by atoms with Crippen LogP contribution in [-0.4, -0.2) is 96.8 Å². The van der Waals surface area contributed by atoms with Gasteiger partial charge >= 0.3 is 0 Å². The number of rotatable bonds is 52. The summed E-state index contributed by atoms with van der Waals surface area (Å²) in [6.07, 6.45) is 20.1. The van der Waals surface area contributed by atoms with Gasteiger partial charge in [0.1, 0.15) is 11.5 Å². The minimum absolute atomic E-state index is 0.131. The van der Waals surface area contributed by atoms with Crippen molar-refractivity contribution in [3.8, 4) is 11.5 Å². The number of amides is 2. The molecule has 2 aromatic rings. The molecule has 0 radical (unpaired) electrons. The van der Waals surface area contributed by atoms with Gasteiger partial charge in [0, 0.05) is 12.8 Å². The highest BCUT2D eigenvalue weighted by molar-refractivity contribution is 6.79. The molecule has 93 heavy (non-hydrogen) atoms. The van der Waals surface area contributed by atoms with Crippen LogP contribution in [-0.2, 0) is 33.7 Å². The molecule has 0 aliphatic heterocycles. The molecule has 2 aromatic carbocycles. The number of nitrogens with one attached hydrogen (secondary N) is 2. The Bertz CT molecular complexity index is 2030. The van der Waals surface area contributed by atoms with Gasteiger partial charge in [-0.3, -0.25) is 9.59 Å². The average Bonchev–Trinajstić information content (AvgIpc) is 0.842. The van der Waals surface area contributed by atoms with E-state index in [1.54, 1.807) is 0 Å². The lowest BCUT2D eigenvalue weighted by Crippen LogP contribution is -2.54. The Morgan fingerprint density at radius 3 is 0.753 bits per heavy atom. The Hall–Kier alpha value is -2.31. The number of hydrogen-bond donors (Lipinski definition) is 2. The minimum atomic E-state index is -2.10. The Morgan fingerprint density at radius 1 is 0.323 bits per heavy atom. The van der Waals surface area contributed by atoms with Gasteiger partial charge in [-0.2, -0.15) is 0 Å². The van der Waals surface area contributed by atoms with Crippen molar-refractivity contribution in [2.75, 3.05) is 39.6 Å². The first kappa shape index (κ1) is 86.8. The highest BCUT2D eigenvalue weighted by Crippen LogP contribution is 2.46. The summed E-state index contributed by atoms with van der Waals surface area (Å²) in [5.41, 5.74) is 11.0. The molecule has 0 fully saturated rings. The molecule has 0 aromatic heterocycles. The second-order valence-electron chi connectivity index (χ2n) is 32.3. The predicted molar refractivity (Wildman–Crippen MR) is 411 cm³/mol. The molecular formula is C79H150N2O8Si4. The Kier molecular flexibility index (Phi) is 41.0. The summed E-state index contributed by atoms with van der Waals surface area (Å²) in [7, 11) is -8.41. The summed E-state index contributed by atoms with van der Waals surface area (Å²) in [6, 6.07) is 12.8. The number of carbonyl (C=O) groups is 2. The van der Waals surface area contributed by atoms with Gasteiger partial charge in [-0.1, -0.05) is 255 Å². The maximum absolute atomic E-state index is 13.5. The number of hydrogen-bond acceptors (Lipinski definition) is 8. The van der Waals surface area contributed by atoms with Gasteiger partial charge in [0.05, 0.1) is 51.7 Å². The van der Waals surface area contributed by atoms with Gasteiger partial charge in [-0.05, 0) is 159 Å². The van der Waals surface area contributed by atoms with Crippen LogP contribution in [0.3, 0.4) is 0 Å². The summed E-state index contributed by atoms with van der Waals surface area (Å²) >= 11 is 0. The van der Waals surface area contributed by atoms with Crippen molar-refractivity contribution >= 4 is 45.1 Å². The maximum Gasteiger partial charge on any atom is 0.220 e. The first-order chi connectivity index (χ1) is 43.7. The zero-order valence-electron chi connectivity index (χ0n) is 65.5. The Labute approximate surface area is 579 Å². The fraction of sp³-hybridized carbons (Fsp3) is 0.823. The quantitative estimate of drug-likeness (QED) is 0.0497. The fourth-order valence-electron chi connectivity index (χ4n) is 17.2. The van der Waals surface area contributed by atoms with E-state index in [0.29, 0.717) is 106 Å². The van der Waals surface area contributed by atoms with Crippen LogP contribution < -0.4 is 20.1 Å². The third-order valence-electron chi connectivity index (χ3n) is 21.8. The van der Waals surface area contributed by atoms with Gasteiger partial charge in [0.15, 0.2) is 33.3 Å². The van der Waals surface area contributed by atoms with Crippen LogP contribution in [0.1, 0.15) is 304 Å². The molecule has 0 bridgehead atoms. The molecule has 540 valence electrons. The summed E-state index contributed by atoms with van der Waals surface area (Å²) < 4.78 is 40.8. The van der Waals surface area contributed by atoms with E-state index in [1.165, 1.54) is 86.5 Å². The van der Waals surface area contributed by atoms with E-state index >= 15 is 0 Å². The van der Waals surface area contributed by atoms with Gasteiger partial charge < -0.3 is 37.8 Å². The lowest BCUT2D eigenvalue weighted by Gasteiger charge is -2.44. The van der Waals surface area contributed by atoms with Crippen molar-refractivity contribution in [3.05, 3.63) is 58.7 Å². The van der Waals surface area contributed by atoms with Crippen molar-refractivity contribution in [3.63, 3.8) is 0 Å². The van der Waals surface area contributed by atoms with Crippen molar-refractivity contribution in [1.82, 2.24) is 10.6 Å². The molecular weight excluding hydrogens is 1220 g/mol. The largest absolute Gasteiger partial charge is 0.494 e. The number of carbonyl (C=O) groups excluding carboxylic acids is 2. The summed E-state index contributed by atoms with van der Waals surface area (Å²) in [6.45, 7) is 63.9. The molecule has 2 rings (SSSR count). The van der Waals surface area contributed by atoms with Crippen LogP contribution in [0.15, 0.2) is 36.4 Å². The zero-order chi connectivity index (χ0) is 70.3. The number of ether oxygens (including phenoxy) is 2. The molecule has 0 unspecified atom stereocenters. The van der Waals surface area contributed by atoms with Gasteiger partial charge in [-0.25, -0.2) is 0 Å². The lowest BCUT2D eigenvalue weighted by molar-refractivity contribution is -0.123. The highest BCUT2D eigenvalue weighted by atomic mass is 28.4. The summed E-state index contributed by atoms with van der Waals surface area (Å²) in [5, 5.41) is 6.84. The monoisotopic (exact) mass is 1370 g/mol. The predicted octanol–water partition coefficient (Wildman–Crippen LogP) is 23.4. The molecule has 0 saturated carbocycles. The SMILES string of the molecule is Cc1cc(OCCCCCCCCCCC(=O)NC(CO[Si](C(C)C)(C(C)C)C(C)C)CO[Si](C(C)C)(C(C)C)C(C)C)ccc1Cc1ccc(OCCCCCCCCCCC(=O)NC(CO[Si](C(C)C)(C(C)C)C(C)C)CO[Si](C(C)C)(C(C)C)C(C)C)cc1C. The molecule has 2 amide bonds. The topological polar surface area (TPSA) is 114 Å². The molecule has 0 aliphatic carbocycles. The van der Waals surface area contributed by atoms with E-state index in [4.69, 9.17) is 27.2 Å². The van der Waals surface area contributed by atoms with Crippen LogP contribution in [0.25, 0.3) is 0 Å². The van der Waals surface area contributed by atoms with Crippen LogP contribution in [0.5, 0.6) is 11.5 Å². The van der Waals surface area contributed by atoms with Crippen LogP contribution >= 0.6 is 0 Å². The normalized spacial score (nSPS) is 13.2. The Morgan fingerprint density at radius 2 is 0.538 bits per heavy atom. The molecule has 0 spiro atoms. The molecule has 0 heterocycles. The van der Waals surface area contributed by atoms with Crippen LogP contribution in [0.4, 0.5) is 0 Å². The van der Waals surface area contributed by atoms with Crippen molar-refractivity contribution in [2.24, 2.45) is 0 Å². The molecule has 0 aliphatic rings. The molecule has 0 saturated heterocycles. The summed E-state index contributed by atoms with van der Waals surface area (Å²) in [5.74, 6) is 2.17. The summed E-state index contributed by atoms with van der Waals surface area (Å²) in [4.78, 5) is 27.0. The van der Waals surface area contributed by atoms with Gasteiger partial charge in [0.2, 0.25) is 11.8 Å². The van der Waals surface area contributed by atoms with E-state index in [2.05, 4.69) is 227 Å². The number of aryl methyl sites for hydroxylation is 2. The zero-order valence-corrected chi connectivity index (χ0v) is 69.5. The second kappa shape index (κ2) is 44.0.